The maximum Gasteiger partial charge on any atom is 0.242 e. The van der Waals surface area contributed by atoms with Crippen LogP contribution >= 0.6 is 24.0 Å². The Hall–Kier alpha value is -0.330. The Labute approximate surface area is 125 Å². The molecule has 1 aliphatic rings. The van der Waals surface area contributed by atoms with Gasteiger partial charge in [0.15, 0.2) is 0 Å². The van der Waals surface area contributed by atoms with Crippen LogP contribution in [0.4, 0.5) is 0 Å². The molecule has 4 nitrogen and oxygen atoms in total. The number of piperidine rings is 1. The van der Waals surface area contributed by atoms with E-state index in [4.69, 9.17) is 11.6 Å². The van der Waals surface area contributed by atoms with E-state index >= 15 is 0 Å². The summed E-state index contributed by atoms with van der Waals surface area (Å²) in [6, 6.07) is 6.40. The highest BCUT2D eigenvalue weighted by atomic mass is 35.5. The van der Waals surface area contributed by atoms with E-state index in [1.165, 1.54) is 6.07 Å². The first kappa shape index (κ1) is 16.7. The lowest BCUT2D eigenvalue weighted by Crippen LogP contribution is -2.50. The van der Waals surface area contributed by atoms with Gasteiger partial charge in [-0.3, -0.25) is 0 Å². The highest BCUT2D eigenvalue weighted by Crippen LogP contribution is 2.22. The van der Waals surface area contributed by atoms with Crippen LogP contribution in [0.2, 0.25) is 5.02 Å². The third-order valence-corrected chi connectivity index (χ3v) is 5.25. The van der Waals surface area contributed by atoms with Crippen LogP contribution in [0.1, 0.15) is 13.3 Å². The SMILES string of the molecule is CC1CCNCC1NS(=O)(=O)c1ccccc1Cl.Cl. The first-order chi connectivity index (χ1) is 8.50. The van der Waals surface area contributed by atoms with Crippen LogP contribution in [0.15, 0.2) is 29.2 Å². The van der Waals surface area contributed by atoms with Crippen molar-refractivity contribution in [3.05, 3.63) is 29.3 Å². The van der Waals surface area contributed by atoms with Gasteiger partial charge in [-0.2, -0.15) is 0 Å². The summed E-state index contributed by atoms with van der Waals surface area (Å²) in [5.74, 6) is 0.323. The van der Waals surface area contributed by atoms with E-state index in [0.717, 1.165) is 13.0 Å². The van der Waals surface area contributed by atoms with Crippen molar-refractivity contribution in [2.75, 3.05) is 13.1 Å². The van der Waals surface area contributed by atoms with Gasteiger partial charge in [0.05, 0.1) is 5.02 Å². The highest BCUT2D eigenvalue weighted by molar-refractivity contribution is 7.89. The molecule has 0 saturated carbocycles. The Morgan fingerprint density at radius 1 is 1.37 bits per heavy atom. The zero-order valence-corrected chi connectivity index (χ0v) is 13.0. The molecule has 1 fully saturated rings. The van der Waals surface area contributed by atoms with E-state index in [1.807, 2.05) is 0 Å². The number of hydrogen-bond donors (Lipinski definition) is 2. The first-order valence-electron chi connectivity index (χ1n) is 5.98. The van der Waals surface area contributed by atoms with Gasteiger partial charge in [0.1, 0.15) is 4.90 Å². The van der Waals surface area contributed by atoms with Crippen LogP contribution in [0.5, 0.6) is 0 Å². The Kier molecular flexibility index (Phi) is 6.08. The lowest BCUT2D eigenvalue weighted by atomic mass is 9.96. The van der Waals surface area contributed by atoms with Crippen molar-refractivity contribution in [3.63, 3.8) is 0 Å². The third-order valence-electron chi connectivity index (χ3n) is 3.26. The summed E-state index contributed by atoms with van der Waals surface area (Å²) in [6.07, 6.45) is 0.968. The standard InChI is InChI=1S/C12H17ClN2O2S.ClH/c1-9-6-7-14-8-11(9)15-18(16,17)12-5-3-2-4-10(12)13;/h2-5,9,11,14-15H,6-8H2,1H3;1H. The topological polar surface area (TPSA) is 58.2 Å². The Balaban J connectivity index is 0.00000180. The molecule has 19 heavy (non-hydrogen) atoms. The van der Waals surface area contributed by atoms with Crippen molar-refractivity contribution >= 4 is 34.0 Å². The first-order valence-corrected chi connectivity index (χ1v) is 7.84. The summed E-state index contributed by atoms with van der Waals surface area (Å²) in [5, 5.41) is 3.45. The fourth-order valence-electron chi connectivity index (χ4n) is 2.07. The highest BCUT2D eigenvalue weighted by Gasteiger charge is 2.27. The number of nitrogens with one attached hydrogen (secondary N) is 2. The fraction of sp³-hybridized carbons (Fsp3) is 0.500. The molecular weight excluding hydrogens is 307 g/mol. The van der Waals surface area contributed by atoms with Gasteiger partial charge in [0.2, 0.25) is 10.0 Å². The molecule has 0 radical (unpaired) electrons. The van der Waals surface area contributed by atoms with Crippen LogP contribution in [0, 0.1) is 5.92 Å². The van der Waals surface area contributed by atoms with Gasteiger partial charge in [-0.25, -0.2) is 13.1 Å². The van der Waals surface area contributed by atoms with E-state index in [9.17, 15) is 8.42 Å². The molecule has 0 amide bonds. The van der Waals surface area contributed by atoms with E-state index in [2.05, 4.69) is 17.0 Å². The molecule has 1 saturated heterocycles. The largest absolute Gasteiger partial charge is 0.315 e. The smallest absolute Gasteiger partial charge is 0.242 e. The molecule has 108 valence electrons. The van der Waals surface area contributed by atoms with E-state index in [1.54, 1.807) is 18.2 Å². The van der Waals surface area contributed by atoms with Crippen LogP contribution in [-0.2, 0) is 10.0 Å². The summed E-state index contributed by atoms with van der Waals surface area (Å²) in [5.41, 5.74) is 0. The van der Waals surface area contributed by atoms with Crippen LogP contribution in [0.3, 0.4) is 0 Å². The molecule has 1 aliphatic heterocycles. The molecule has 0 aromatic heterocycles. The van der Waals surface area contributed by atoms with Gasteiger partial charge >= 0.3 is 0 Å². The number of sulfonamides is 1. The lowest BCUT2D eigenvalue weighted by molar-refractivity contribution is 0.327. The van der Waals surface area contributed by atoms with Crippen molar-refractivity contribution < 1.29 is 8.42 Å². The molecule has 7 heteroatoms. The number of benzene rings is 1. The lowest BCUT2D eigenvalue weighted by Gasteiger charge is -2.30. The quantitative estimate of drug-likeness (QED) is 0.894. The van der Waals surface area contributed by atoms with Gasteiger partial charge in [-0.05, 0) is 31.0 Å². The number of hydrogen-bond acceptors (Lipinski definition) is 3. The van der Waals surface area contributed by atoms with Gasteiger partial charge < -0.3 is 5.32 Å². The molecule has 2 atom stereocenters. The van der Waals surface area contributed by atoms with Crippen molar-refractivity contribution in [2.45, 2.75) is 24.3 Å². The van der Waals surface area contributed by atoms with E-state index in [-0.39, 0.29) is 28.4 Å². The van der Waals surface area contributed by atoms with E-state index < -0.39 is 10.0 Å². The average Bonchev–Trinajstić information content (AvgIpc) is 2.32. The van der Waals surface area contributed by atoms with Crippen LogP contribution < -0.4 is 10.0 Å². The predicted octanol–water partition coefficient (Wildman–Crippen LogP) is 2.04. The zero-order chi connectivity index (χ0) is 13.2. The molecule has 1 aromatic carbocycles. The van der Waals surface area contributed by atoms with E-state index in [0.29, 0.717) is 12.5 Å². The summed E-state index contributed by atoms with van der Waals surface area (Å²) in [4.78, 5) is 0.143. The monoisotopic (exact) mass is 324 g/mol. The van der Waals surface area contributed by atoms with Crippen LogP contribution in [0.25, 0.3) is 0 Å². The minimum Gasteiger partial charge on any atom is -0.315 e. The van der Waals surface area contributed by atoms with Gasteiger partial charge in [0, 0.05) is 12.6 Å². The minimum atomic E-state index is -3.55. The van der Waals surface area contributed by atoms with Crippen molar-refractivity contribution in [2.24, 2.45) is 5.92 Å². The number of rotatable bonds is 3. The van der Waals surface area contributed by atoms with Gasteiger partial charge in [-0.1, -0.05) is 30.7 Å². The number of halogens is 2. The second kappa shape index (κ2) is 6.90. The second-order valence-electron chi connectivity index (χ2n) is 4.63. The van der Waals surface area contributed by atoms with Crippen LogP contribution in [-0.4, -0.2) is 27.5 Å². The second-order valence-corrected chi connectivity index (χ2v) is 6.72. The summed E-state index contributed by atoms with van der Waals surface area (Å²) in [7, 11) is -3.55. The average molecular weight is 325 g/mol. The molecule has 0 bridgehead atoms. The summed E-state index contributed by atoms with van der Waals surface area (Å²) in [6.45, 7) is 3.65. The summed E-state index contributed by atoms with van der Waals surface area (Å²) >= 11 is 5.93. The van der Waals surface area contributed by atoms with Crippen molar-refractivity contribution in [1.82, 2.24) is 10.0 Å². The fourth-order valence-corrected chi connectivity index (χ4v) is 3.94. The molecule has 2 unspecified atom stereocenters. The van der Waals surface area contributed by atoms with Gasteiger partial charge in [-0.15, -0.1) is 12.4 Å². The van der Waals surface area contributed by atoms with Crippen molar-refractivity contribution in [3.8, 4) is 0 Å². The molecule has 2 N–H and O–H groups in total. The minimum absolute atomic E-state index is 0. The Morgan fingerprint density at radius 3 is 2.68 bits per heavy atom. The zero-order valence-electron chi connectivity index (χ0n) is 10.6. The maximum absolute atomic E-state index is 12.2. The summed E-state index contributed by atoms with van der Waals surface area (Å²) < 4.78 is 27.2. The van der Waals surface area contributed by atoms with Gasteiger partial charge in [0.25, 0.3) is 0 Å². The van der Waals surface area contributed by atoms with Crippen molar-refractivity contribution in [1.29, 1.82) is 0 Å². The molecule has 1 heterocycles. The molecule has 1 aromatic rings. The Morgan fingerprint density at radius 2 is 2.05 bits per heavy atom. The maximum atomic E-state index is 12.2. The molecule has 2 rings (SSSR count). The third kappa shape index (κ3) is 4.07. The predicted molar refractivity (Wildman–Crippen MR) is 79.5 cm³/mol. The molecule has 0 aliphatic carbocycles. The molecule has 0 spiro atoms. The normalized spacial score (nSPS) is 23.7. The Bertz CT molecular complexity index is 522. The molecular formula is C12H18Cl2N2O2S.